The second-order valence-electron chi connectivity index (χ2n) is 4.93. The maximum Gasteiger partial charge on any atom is 0.291 e. The van der Waals surface area contributed by atoms with Gasteiger partial charge in [0.05, 0.1) is 24.8 Å². The van der Waals surface area contributed by atoms with Crippen molar-refractivity contribution in [2.45, 2.75) is 24.8 Å². The number of amides is 2. The third-order valence-electron chi connectivity index (χ3n) is 3.67. The molecule has 1 saturated heterocycles. The van der Waals surface area contributed by atoms with Gasteiger partial charge in [0.2, 0.25) is 11.7 Å². The standard InChI is InChI=1S/C13H19N3O4/c1-14-11(17)6-13(8-19-2)4-3-5-16(13)12(18)10-7-15-9-20-10/h7,9H,3-6,8H2,1-2H3,(H,14,17)/t13-/m1/s1. The molecule has 0 bridgehead atoms. The summed E-state index contributed by atoms with van der Waals surface area (Å²) in [6.45, 7) is 0.903. The number of hydrogen-bond donors (Lipinski definition) is 1. The van der Waals surface area contributed by atoms with Gasteiger partial charge in [-0.3, -0.25) is 9.59 Å². The molecule has 0 radical (unpaired) electrons. The summed E-state index contributed by atoms with van der Waals surface area (Å²) >= 11 is 0. The van der Waals surface area contributed by atoms with Crippen molar-refractivity contribution >= 4 is 11.8 Å². The van der Waals surface area contributed by atoms with Gasteiger partial charge in [-0.15, -0.1) is 0 Å². The second-order valence-corrected chi connectivity index (χ2v) is 4.93. The van der Waals surface area contributed by atoms with Crippen molar-refractivity contribution in [3.63, 3.8) is 0 Å². The van der Waals surface area contributed by atoms with E-state index in [1.54, 1.807) is 19.1 Å². The summed E-state index contributed by atoms with van der Waals surface area (Å²) in [6.07, 6.45) is 4.39. The van der Waals surface area contributed by atoms with Crippen LogP contribution in [0.3, 0.4) is 0 Å². The summed E-state index contributed by atoms with van der Waals surface area (Å²) in [5.74, 6) is -0.176. The van der Waals surface area contributed by atoms with E-state index in [9.17, 15) is 9.59 Å². The van der Waals surface area contributed by atoms with Gasteiger partial charge in [0.1, 0.15) is 0 Å². The lowest BCUT2D eigenvalue weighted by Gasteiger charge is -2.37. The van der Waals surface area contributed by atoms with Gasteiger partial charge in [-0.05, 0) is 12.8 Å². The topological polar surface area (TPSA) is 84.7 Å². The molecule has 0 aromatic carbocycles. The fourth-order valence-electron chi connectivity index (χ4n) is 2.75. The third-order valence-corrected chi connectivity index (χ3v) is 3.67. The number of nitrogens with zero attached hydrogens (tertiary/aromatic N) is 2. The Morgan fingerprint density at radius 3 is 3.00 bits per heavy atom. The number of carbonyl (C=O) groups excluding carboxylic acids is 2. The fourth-order valence-corrected chi connectivity index (χ4v) is 2.75. The van der Waals surface area contributed by atoms with Crippen LogP contribution in [0.2, 0.25) is 0 Å². The van der Waals surface area contributed by atoms with Crippen LogP contribution in [0.15, 0.2) is 17.0 Å². The minimum Gasteiger partial charge on any atom is -0.438 e. The van der Waals surface area contributed by atoms with Crippen molar-refractivity contribution in [3.05, 3.63) is 18.4 Å². The molecule has 7 nitrogen and oxygen atoms in total. The average molecular weight is 281 g/mol. The maximum absolute atomic E-state index is 12.5. The van der Waals surface area contributed by atoms with Crippen LogP contribution >= 0.6 is 0 Å². The maximum atomic E-state index is 12.5. The molecule has 0 saturated carbocycles. The van der Waals surface area contributed by atoms with Crippen LogP contribution < -0.4 is 5.32 Å². The van der Waals surface area contributed by atoms with Gasteiger partial charge < -0.3 is 19.4 Å². The van der Waals surface area contributed by atoms with E-state index in [0.717, 1.165) is 12.8 Å². The molecule has 1 aromatic heterocycles. The molecule has 20 heavy (non-hydrogen) atoms. The first kappa shape index (κ1) is 14.5. The van der Waals surface area contributed by atoms with Gasteiger partial charge in [-0.2, -0.15) is 0 Å². The number of methoxy groups -OCH3 is 1. The monoisotopic (exact) mass is 281 g/mol. The molecule has 110 valence electrons. The Balaban J connectivity index is 2.24. The number of ether oxygens (including phenoxy) is 1. The Kier molecular flexibility index (Phi) is 4.39. The molecule has 1 atom stereocenters. The van der Waals surface area contributed by atoms with E-state index in [1.807, 2.05) is 0 Å². The summed E-state index contributed by atoms with van der Waals surface area (Å²) < 4.78 is 10.3. The first-order valence-electron chi connectivity index (χ1n) is 6.53. The molecular weight excluding hydrogens is 262 g/mol. The predicted octanol–water partition coefficient (Wildman–Crippen LogP) is 0.432. The van der Waals surface area contributed by atoms with Crippen molar-refractivity contribution < 1.29 is 18.7 Å². The molecular formula is C13H19N3O4. The highest BCUT2D eigenvalue weighted by molar-refractivity contribution is 5.92. The number of oxazole rings is 1. The van der Waals surface area contributed by atoms with Crippen molar-refractivity contribution in [3.8, 4) is 0 Å². The second kappa shape index (κ2) is 6.04. The summed E-state index contributed by atoms with van der Waals surface area (Å²) in [7, 11) is 3.15. The Morgan fingerprint density at radius 2 is 2.40 bits per heavy atom. The molecule has 0 spiro atoms. The lowest BCUT2D eigenvalue weighted by atomic mass is 9.92. The molecule has 1 fully saturated rings. The Bertz CT molecular complexity index is 474. The van der Waals surface area contributed by atoms with Gasteiger partial charge in [0.15, 0.2) is 6.39 Å². The lowest BCUT2D eigenvalue weighted by molar-refractivity contribution is -0.123. The molecule has 1 aromatic rings. The Labute approximate surface area is 117 Å². The zero-order valence-electron chi connectivity index (χ0n) is 11.7. The first-order chi connectivity index (χ1) is 9.63. The van der Waals surface area contributed by atoms with Crippen molar-refractivity contribution in [1.82, 2.24) is 15.2 Å². The van der Waals surface area contributed by atoms with Gasteiger partial charge >= 0.3 is 0 Å². The SMILES string of the molecule is CNC(=O)C[C@@]1(COC)CCCN1C(=O)c1cnco1. The highest BCUT2D eigenvalue weighted by Gasteiger charge is 2.46. The number of rotatable bonds is 5. The largest absolute Gasteiger partial charge is 0.438 e. The number of likely N-dealkylation sites (tertiary alicyclic amines) is 1. The van der Waals surface area contributed by atoms with Crippen molar-refractivity contribution in [1.29, 1.82) is 0 Å². The van der Waals surface area contributed by atoms with Gasteiger partial charge in [-0.1, -0.05) is 0 Å². The highest BCUT2D eigenvalue weighted by atomic mass is 16.5. The summed E-state index contributed by atoms with van der Waals surface area (Å²) in [5.41, 5.74) is -0.612. The highest BCUT2D eigenvalue weighted by Crippen LogP contribution is 2.34. The summed E-state index contributed by atoms with van der Waals surface area (Å²) in [4.78, 5) is 29.7. The van der Waals surface area contributed by atoms with E-state index in [1.165, 1.54) is 12.6 Å². The molecule has 2 rings (SSSR count). The van der Waals surface area contributed by atoms with Crippen LogP contribution in [-0.4, -0.2) is 54.5 Å². The number of aromatic nitrogens is 1. The molecule has 0 unspecified atom stereocenters. The van der Waals surface area contributed by atoms with Crippen molar-refractivity contribution in [2.75, 3.05) is 27.3 Å². The van der Waals surface area contributed by atoms with Crippen molar-refractivity contribution in [2.24, 2.45) is 0 Å². The number of nitrogens with one attached hydrogen (secondary N) is 1. The molecule has 0 aliphatic carbocycles. The first-order valence-corrected chi connectivity index (χ1v) is 6.53. The zero-order valence-corrected chi connectivity index (χ0v) is 11.7. The van der Waals surface area contributed by atoms with Crippen LogP contribution in [0, 0.1) is 0 Å². The van der Waals surface area contributed by atoms with Crippen LogP contribution in [0.5, 0.6) is 0 Å². The third kappa shape index (κ3) is 2.67. The quantitative estimate of drug-likeness (QED) is 0.846. The number of carbonyl (C=O) groups is 2. The van der Waals surface area contributed by atoms with E-state index in [4.69, 9.17) is 9.15 Å². The van der Waals surface area contributed by atoms with E-state index in [-0.39, 0.29) is 24.0 Å². The molecule has 2 amide bonds. The van der Waals surface area contributed by atoms with E-state index < -0.39 is 5.54 Å². The molecule has 1 N–H and O–H groups in total. The zero-order chi connectivity index (χ0) is 14.6. The smallest absolute Gasteiger partial charge is 0.291 e. The van der Waals surface area contributed by atoms with Crippen LogP contribution in [-0.2, 0) is 9.53 Å². The molecule has 7 heteroatoms. The predicted molar refractivity (Wildman–Crippen MR) is 70.1 cm³/mol. The van der Waals surface area contributed by atoms with Gasteiger partial charge in [0.25, 0.3) is 5.91 Å². The summed E-state index contributed by atoms with van der Waals surface area (Å²) in [6, 6.07) is 0. The van der Waals surface area contributed by atoms with Gasteiger partial charge in [0, 0.05) is 20.7 Å². The van der Waals surface area contributed by atoms with Gasteiger partial charge in [-0.25, -0.2) is 4.98 Å². The Morgan fingerprint density at radius 1 is 1.60 bits per heavy atom. The lowest BCUT2D eigenvalue weighted by Crippen LogP contribution is -2.52. The molecule has 1 aliphatic heterocycles. The minimum atomic E-state index is -0.612. The minimum absolute atomic E-state index is 0.112. The van der Waals surface area contributed by atoms with E-state index >= 15 is 0 Å². The normalized spacial score (nSPS) is 22.0. The van der Waals surface area contributed by atoms with Crippen LogP contribution in [0.4, 0.5) is 0 Å². The fraction of sp³-hybridized carbons (Fsp3) is 0.615. The van der Waals surface area contributed by atoms with E-state index in [2.05, 4.69) is 10.3 Å². The van der Waals surface area contributed by atoms with E-state index in [0.29, 0.717) is 13.2 Å². The Hall–Kier alpha value is -1.89. The van der Waals surface area contributed by atoms with Crippen LogP contribution in [0.25, 0.3) is 0 Å². The van der Waals surface area contributed by atoms with Crippen LogP contribution in [0.1, 0.15) is 29.8 Å². The number of hydrogen-bond acceptors (Lipinski definition) is 5. The average Bonchev–Trinajstić information content (AvgIpc) is 3.08. The molecule has 2 heterocycles. The summed E-state index contributed by atoms with van der Waals surface area (Å²) in [5, 5.41) is 2.60. The molecule has 1 aliphatic rings.